The molecule has 0 atom stereocenters. The second-order valence-electron chi connectivity index (χ2n) is 8.69. The predicted octanol–water partition coefficient (Wildman–Crippen LogP) is 5.98. The van der Waals surface area contributed by atoms with E-state index in [0.29, 0.717) is 5.02 Å². The number of hydrogen-bond acceptors (Lipinski definition) is 6. The van der Waals surface area contributed by atoms with Crippen LogP contribution in [0.1, 0.15) is 24.1 Å². The van der Waals surface area contributed by atoms with E-state index in [0.717, 1.165) is 76.3 Å². The third kappa shape index (κ3) is 4.08. The molecule has 0 amide bonds. The van der Waals surface area contributed by atoms with Gasteiger partial charge in [-0.2, -0.15) is 10.2 Å². The molecule has 6 rings (SSSR count). The second kappa shape index (κ2) is 9.00. The Morgan fingerprint density at radius 1 is 1.00 bits per heavy atom. The highest BCUT2D eigenvalue weighted by molar-refractivity contribution is 6.31. The van der Waals surface area contributed by atoms with Crippen LogP contribution in [0.4, 0.5) is 11.5 Å². The molecular formula is C27H24ClN7. The standard InChI is InChI=1S/C27H24ClN7/c1-18-23-15-19(17-30-32-24-11-12-29-25-16-20(28)9-10-22(24)25)26(34-13-5-6-14-34)31-27(23)35(33-18)21-7-3-2-4-8-21/h2-4,7-12,15-17H,5-6,13-14H2,1H3,(H,29,32). The summed E-state index contributed by atoms with van der Waals surface area (Å²) in [5.74, 6) is 0.934. The SMILES string of the molecule is Cc1nn(-c2ccccc2)c2nc(N3CCCC3)c(C=NNc3ccnc4cc(Cl)ccc34)cc12. The topological polar surface area (TPSA) is 71.2 Å². The molecular weight excluding hydrogens is 458 g/mol. The van der Waals surface area contributed by atoms with Crippen molar-refractivity contribution in [3.8, 4) is 5.69 Å². The highest BCUT2D eigenvalue weighted by atomic mass is 35.5. The molecule has 0 radical (unpaired) electrons. The van der Waals surface area contributed by atoms with Gasteiger partial charge in [0, 0.05) is 40.6 Å². The van der Waals surface area contributed by atoms with E-state index >= 15 is 0 Å². The number of hydrazone groups is 1. The number of benzene rings is 2. The van der Waals surface area contributed by atoms with Crippen molar-refractivity contribution in [2.75, 3.05) is 23.4 Å². The zero-order valence-corrected chi connectivity index (χ0v) is 20.1. The normalized spacial score (nSPS) is 13.9. The van der Waals surface area contributed by atoms with Crippen molar-refractivity contribution in [2.24, 2.45) is 5.10 Å². The summed E-state index contributed by atoms with van der Waals surface area (Å²) in [7, 11) is 0. The quantitative estimate of drug-likeness (QED) is 0.247. The molecule has 0 aliphatic carbocycles. The summed E-state index contributed by atoms with van der Waals surface area (Å²) in [5, 5.41) is 12.0. The van der Waals surface area contributed by atoms with Gasteiger partial charge >= 0.3 is 0 Å². The Morgan fingerprint density at radius 3 is 2.66 bits per heavy atom. The number of nitrogens with one attached hydrogen (secondary N) is 1. The fourth-order valence-corrected chi connectivity index (χ4v) is 4.77. The van der Waals surface area contributed by atoms with Crippen LogP contribution in [-0.2, 0) is 0 Å². The van der Waals surface area contributed by atoms with Crippen molar-refractivity contribution in [1.29, 1.82) is 0 Å². The van der Waals surface area contributed by atoms with Gasteiger partial charge in [0.2, 0.25) is 0 Å². The smallest absolute Gasteiger partial charge is 0.165 e. The molecule has 1 aliphatic heterocycles. The van der Waals surface area contributed by atoms with Gasteiger partial charge in [-0.15, -0.1) is 0 Å². The van der Waals surface area contributed by atoms with Crippen LogP contribution in [0.15, 0.2) is 72.0 Å². The lowest BCUT2D eigenvalue weighted by Crippen LogP contribution is -2.21. The summed E-state index contributed by atoms with van der Waals surface area (Å²) < 4.78 is 1.93. The van der Waals surface area contributed by atoms with Crippen LogP contribution >= 0.6 is 11.6 Å². The highest BCUT2D eigenvalue weighted by Gasteiger charge is 2.20. The maximum atomic E-state index is 6.13. The summed E-state index contributed by atoms with van der Waals surface area (Å²) in [6, 6.07) is 19.9. The molecule has 1 N–H and O–H groups in total. The van der Waals surface area contributed by atoms with E-state index in [-0.39, 0.29) is 0 Å². The van der Waals surface area contributed by atoms with E-state index in [1.54, 1.807) is 6.20 Å². The number of fused-ring (bicyclic) bond motifs is 2. The van der Waals surface area contributed by atoms with Gasteiger partial charge in [-0.1, -0.05) is 29.8 Å². The Balaban J connectivity index is 1.41. The summed E-state index contributed by atoms with van der Waals surface area (Å²) in [6.45, 7) is 3.99. The molecule has 0 saturated carbocycles. The molecule has 7 nitrogen and oxygen atoms in total. The largest absolute Gasteiger partial charge is 0.356 e. The molecule has 3 aromatic heterocycles. The van der Waals surface area contributed by atoms with Gasteiger partial charge < -0.3 is 4.90 Å². The number of aromatic nitrogens is 4. The van der Waals surface area contributed by atoms with Crippen molar-refractivity contribution in [1.82, 2.24) is 19.7 Å². The number of aryl methyl sites for hydroxylation is 1. The molecule has 174 valence electrons. The first-order chi connectivity index (χ1) is 17.2. The lowest BCUT2D eigenvalue weighted by Gasteiger charge is -2.19. The first kappa shape index (κ1) is 21.6. The Bertz CT molecular complexity index is 1550. The average molecular weight is 482 g/mol. The summed E-state index contributed by atoms with van der Waals surface area (Å²) in [5.41, 5.74) is 8.63. The second-order valence-corrected chi connectivity index (χ2v) is 9.13. The summed E-state index contributed by atoms with van der Waals surface area (Å²) in [4.78, 5) is 11.9. The van der Waals surface area contributed by atoms with Gasteiger partial charge in [0.25, 0.3) is 0 Å². The molecule has 4 heterocycles. The summed E-state index contributed by atoms with van der Waals surface area (Å²) in [6.07, 6.45) is 5.93. The van der Waals surface area contributed by atoms with Gasteiger partial charge in [-0.05, 0) is 62.2 Å². The van der Waals surface area contributed by atoms with Gasteiger partial charge in [0.1, 0.15) is 5.82 Å². The summed E-state index contributed by atoms with van der Waals surface area (Å²) >= 11 is 6.13. The van der Waals surface area contributed by atoms with E-state index in [2.05, 4.69) is 38.6 Å². The molecule has 0 bridgehead atoms. The maximum Gasteiger partial charge on any atom is 0.165 e. The zero-order valence-electron chi connectivity index (χ0n) is 19.3. The Morgan fingerprint density at radius 2 is 1.83 bits per heavy atom. The van der Waals surface area contributed by atoms with Crippen LogP contribution in [-0.4, -0.2) is 39.1 Å². The van der Waals surface area contributed by atoms with E-state index < -0.39 is 0 Å². The monoisotopic (exact) mass is 481 g/mol. The molecule has 1 aliphatic rings. The number of anilines is 2. The van der Waals surface area contributed by atoms with E-state index in [4.69, 9.17) is 21.7 Å². The first-order valence-corrected chi connectivity index (χ1v) is 12.1. The molecule has 1 saturated heterocycles. The molecule has 2 aromatic carbocycles. The van der Waals surface area contributed by atoms with Gasteiger partial charge in [0.05, 0.1) is 28.8 Å². The lowest BCUT2D eigenvalue weighted by atomic mass is 10.2. The fraction of sp³-hybridized carbons (Fsp3) is 0.185. The maximum absolute atomic E-state index is 6.13. The number of nitrogens with zero attached hydrogens (tertiary/aromatic N) is 6. The number of pyridine rings is 2. The van der Waals surface area contributed by atoms with Crippen LogP contribution in [0.2, 0.25) is 5.02 Å². The van der Waals surface area contributed by atoms with Crippen molar-refractivity contribution in [3.05, 3.63) is 83.1 Å². The molecule has 0 unspecified atom stereocenters. The Labute approximate surface area is 208 Å². The molecule has 0 spiro atoms. The predicted molar refractivity (Wildman–Crippen MR) is 143 cm³/mol. The third-order valence-corrected chi connectivity index (χ3v) is 6.59. The van der Waals surface area contributed by atoms with Crippen LogP contribution in [0.25, 0.3) is 27.6 Å². The third-order valence-electron chi connectivity index (χ3n) is 6.35. The van der Waals surface area contributed by atoms with Gasteiger partial charge in [0.15, 0.2) is 5.65 Å². The number of hydrogen-bond donors (Lipinski definition) is 1. The van der Waals surface area contributed by atoms with Crippen molar-refractivity contribution < 1.29 is 0 Å². The van der Waals surface area contributed by atoms with Crippen LogP contribution < -0.4 is 10.3 Å². The minimum Gasteiger partial charge on any atom is -0.356 e. The molecule has 1 fully saturated rings. The van der Waals surface area contributed by atoms with Crippen LogP contribution in [0.5, 0.6) is 0 Å². The van der Waals surface area contributed by atoms with Crippen molar-refractivity contribution in [2.45, 2.75) is 19.8 Å². The first-order valence-electron chi connectivity index (χ1n) is 11.7. The van der Waals surface area contributed by atoms with Crippen molar-refractivity contribution >= 4 is 51.3 Å². The minimum absolute atomic E-state index is 0.659. The number of rotatable bonds is 5. The van der Waals surface area contributed by atoms with Gasteiger partial charge in [-0.25, -0.2) is 9.67 Å². The fourth-order valence-electron chi connectivity index (χ4n) is 4.61. The molecule has 35 heavy (non-hydrogen) atoms. The van der Waals surface area contributed by atoms with E-state index in [1.165, 1.54) is 0 Å². The number of para-hydroxylation sites is 1. The van der Waals surface area contributed by atoms with E-state index in [9.17, 15) is 0 Å². The van der Waals surface area contributed by atoms with Crippen LogP contribution in [0.3, 0.4) is 0 Å². The minimum atomic E-state index is 0.659. The zero-order chi connectivity index (χ0) is 23.8. The van der Waals surface area contributed by atoms with E-state index in [1.807, 2.05) is 60.3 Å². The van der Waals surface area contributed by atoms with Gasteiger partial charge in [-0.3, -0.25) is 10.4 Å². The Hall–Kier alpha value is -3.97. The highest BCUT2D eigenvalue weighted by Crippen LogP contribution is 2.29. The van der Waals surface area contributed by atoms with Crippen LogP contribution in [0, 0.1) is 6.92 Å². The molecule has 8 heteroatoms. The molecule has 5 aromatic rings. The number of halogens is 1. The average Bonchev–Trinajstić information content (AvgIpc) is 3.52. The van der Waals surface area contributed by atoms with Crippen molar-refractivity contribution in [3.63, 3.8) is 0 Å². The lowest BCUT2D eigenvalue weighted by molar-refractivity contribution is 0.871. The Kier molecular flexibility index (Phi) is 5.54.